The first-order valence-corrected chi connectivity index (χ1v) is 21.1. The van der Waals surface area contributed by atoms with Crippen molar-refractivity contribution in [3.05, 3.63) is 113 Å². The highest BCUT2D eigenvalue weighted by Crippen LogP contribution is 2.42. The normalized spacial score (nSPS) is 17.2. The predicted octanol–water partition coefficient (Wildman–Crippen LogP) is 9.85. The summed E-state index contributed by atoms with van der Waals surface area (Å²) in [5, 5.41) is 3.71. The molecule has 1 aliphatic carbocycles. The molecule has 0 bridgehead atoms. The molecule has 57 heavy (non-hydrogen) atoms. The lowest BCUT2D eigenvalue weighted by atomic mass is 10.1. The van der Waals surface area contributed by atoms with Crippen LogP contribution in [0, 0.1) is 6.08 Å². The number of carbonyl (C=O) groups excluding carboxylic acids is 2. The van der Waals surface area contributed by atoms with E-state index in [1.54, 1.807) is 33.3 Å². The number of rotatable bonds is 0. The molecular weight excluding hydrogens is 776 g/mol. The van der Waals surface area contributed by atoms with Crippen LogP contribution in [0.1, 0.15) is 47.1 Å². The van der Waals surface area contributed by atoms with Gasteiger partial charge in [0, 0.05) is 78.7 Å². The number of amides is 2. The summed E-state index contributed by atoms with van der Waals surface area (Å²) < 4.78 is 10.8. The average molecular weight is 827 g/mol. The van der Waals surface area contributed by atoms with E-state index in [9.17, 15) is 9.59 Å². The number of aliphatic imine (C=N–C) groups is 2. The third-order valence-corrected chi connectivity index (χ3v) is 11.4. The van der Waals surface area contributed by atoms with Crippen molar-refractivity contribution in [2.24, 2.45) is 9.98 Å². The fourth-order valence-corrected chi connectivity index (χ4v) is 8.42. The number of piperazine rings is 2. The zero-order valence-corrected chi connectivity index (χ0v) is 35.8. The van der Waals surface area contributed by atoms with Crippen LogP contribution in [-0.4, -0.2) is 101 Å². The highest BCUT2D eigenvalue weighted by atomic mass is 35.5. The summed E-state index contributed by atoms with van der Waals surface area (Å²) in [6.07, 6.45) is 8.37. The summed E-state index contributed by atoms with van der Waals surface area (Å²) in [7, 11) is 0. The molecule has 0 aromatic heterocycles. The average Bonchev–Trinajstić information content (AvgIpc) is 3.45. The number of thioether (sulfide) groups is 1. The van der Waals surface area contributed by atoms with Gasteiger partial charge in [-0.05, 0) is 83.5 Å². The Balaban J connectivity index is 0.000000160. The van der Waals surface area contributed by atoms with Crippen LogP contribution in [0.4, 0.5) is 21.0 Å². The van der Waals surface area contributed by atoms with Gasteiger partial charge < -0.3 is 29.5 Å². The van der Waals surface area contributed by atoms with Crippen molar-refractivity contribution in [2.45, 2.75) is 67.4 Å². The lowest BCUT2D eigenvalue weighted by molar-refractivity contribution is 0.0185. The van der Waals surface area contributed by atoms with Crippen LogP contribution in [-0.2, 0) is 9.47 Å². The van der Waals surface area contributed by atoms with E-state index in [0.717, 1.165) is 82.3 Å². The number of halogens is 1. The molecule has 2 saturated heterocycles. The van der Waals surface area contributed by atoms with E-state index in [1.165, 1.54) is 4.90 Å². The fraction of sp³-hybridized carbons (Fsp3) is 0.364. The largest absolute Gasteiger partial charge is 0.444 e. The molecule has 298 valence electrons. The van der Waals surface area contributed by atoms with Gasteiger partial charge in [0.25, 0.3) is 0 Å². The summed E-state index contributed by atoms with van der Waals surface area (Å²) in [4.78, 5) is 43.7. The second-order valence-corrected chi connectivity index (χ2v) is 18.1. The van der Waals surface area contributed by atoms with Gasteiger partial charge in [0.1, 0.15) is 39.7 Å². The summed E-state index contributed by atoms with van der Waals surface area (Å²) in [5.74, 6) is 0.983. The number of carbonyl (C=O) groups is 2. The van der Waals surface area contributed by atoms with Crippen molar-refractivity contribution in [3.63, 3.8) is 0 Å². The maximum atomic E-state index is 12.4. The monoisotopic (exact) mass is 825 g/mol. The molecule has 13 heteroatoms. The number of para-hydroxylation sites is 2. The Bertz CT molecular complexity index is 2090. The van der Waals surface area contributed by atoms with Gasteiger partial charge in [-0.15, -0.1) is 0 Å². The van der Waals surface area contributed by atoms with E-state index < -0.39 is 5.60 Å². The molecule has 1 N–H and O–H groups in total. The smallest absolute Gasteiger partial charge is 0.410 e. The molecule has 3 aromatic rings. The maximum Gasteiger partial charge on any atom is 0.410 e. The number of nitrogens with zero attached hydrogens (tertiary/aromatic N) is 5. The number of allylic oxidation sites excluding steroid dienone is 5. The predicted molar refractivity (Wildman–Crippen MR) is 232 cm³/mol. The lowest BCUT2D eigenvalue weighted by Crippen LogP contribution is -2.51. The Kier molecular flexibility index (Phi) is 13.9. The van der Waals surface area contributed by atoms with Crippen LogP contribution in [0.25, 0.3) is 0 Å². The summed E-state index contributed by atoms with van der Waals surface area (Å²) >= 11 is 9.64. The van der Waals surface area contributed by atoms with Crippen molar-refractivity contribution in [1.29, 1.82) is 0 Å². The van der Waals surface area contributed by atoms with Gasteiger partial charge >= 0.3 is 12.2 Å². The van der Waals surface area contributed by atoms with E-state index in [2.05, 4.69) is 69.8 Å². The summed E-state index contributed by atoms with van der Waals surface area (Å²) in [6.45, 7) is 17.3. The minimum atomic E-state index is -0.473. The zero-order chi connectivity index (χ0) is 40.6. The standard InChI is InChI=1S/C22H25N3O2S.C13H7ClNS.C9H18N2O2/c1-22(2,3)27-21(26)25-14-12-24(13-15-25)20-16-8-4-6-10-18(16)28-19-11-7-5-9-17(19)23-20;14-13-9-5-1-3-7-11(9)16-12-8-4-2-6-10(12)15-13;1-9(2,3)13-8(12)11-6-4-10-5-7-11/h4-11H,12-15H2,1-3H3;2-8H;10H,4-7H2,1-3H3/q;+1;. The first-order valence-electron chi connectivity index (χ1n) is 19.1. The molecule has 10 nitrogen and oxygen atoms in total. The quantitative estimate of drug-likeness (QED) is 0.224. The van der Waals surface area contributed by atoms with Crippen molar-refractivity contribution in [1.82, 2.24) is 20.0 Å². The van der Waals surface area contributed by atoms with Gasteiger partial charge in [-0.25, -0.2) is 19.6 Å². The van der Waals surface area contributed by atoms with Crippen molar-refractivity contribution >= 4 is 69.7 Å². The molecule has 4 aliphatic heterocycles. The van der Waals surface area contributed by atoms with E-state index in [0.29, 0.717) is 18.3 Å². The number of hydrogen-bond donors (Lipinski definition) is 1. The van der Waals surface area contributed by atoms with E-state index >= 15 is 0 Å². The molecule has 0 radical (unpaired) electrons. The van der Waals surface area contributed by atoms with Gasteiger partial charge in [0.05, 0.1) is 17.5 Å². The number of amidine groups is 1. The Labute approximate surface area is 350 Å². The number of benzene rings is 3. The lowest BCUT2D eigenvalue weighted by Gasteiger charge is -2.37. The maximum absolute atomic E-state index is 12.4. The van der Waals surface area contributed by atoms with Crippen LogP contribution in [0.5, 0.6) is 0 Å². The Morgan fingerprint density at radius 1 is 0.702 bits per heavy atom. The fourth-order valence-electron chi connectivity index (χ4n) is 6.10. The van der Waals surface area contributed by atoms with Crippen LogP contribution in [0.15, 0.2) is 126 Å². The third kappa shape index (κ3) is 11.7. The minimum Gasteiger partial charge on any atom is -0.444 e. The molecule has 0 spiro atoms. The third-order valence-electron chi connectivity index (χ3n) is 8.79. The second kappa shape index (κ2) is 18.8. The summed E-state index contributed by atoms with van der Waals surface area (Å²) in [5.41, 5.74) is 3.16. The van der Waals surface area contributed by atoms with Gasteiger partial charge in [0.2, 0.25) is 0 Å². The van der Waals surface area contributed by atoms with E-state index in [4.69, 9.17) is 26.1 Å². The number of nitrogens with one attached hydrogen (secondary N) is 1. The molecule has 5 aliphatic rings. The Morgan fingerprint density at radius 2 is 1.23 bits per heavy atom. The first kappa shape index (κ1) is 42.0. The zero-order valence-electron chi connectivity index (χ0n) is 33.4. The highest BCUT2D eigenvalue weighted by Gasteiger charge is 2.30. The Hall–Kier alpha value is -4.58. The van der Waals surface area contributed by atoms with Gasteiger partial charge in [-0.2, -0.15) is 0 Å². The number of hydrogen-bond acceptors (Lipinski definition) is 10. The van der Waals surface area contributed by atoms with E-state index in [-0.39, 0.29) is 17.8 Å². The molecule has 4 heterocycles. The first-order chi connectivity index (χ1) is 27.2. The molecule has 0 unspecified atom stereocenters. The van der Waals surface area contributed by atoms with Crippen LogP contribution in [0.2, 0.25) is 0 Å². The van der Waals surface area contributed by atoms with E-state index in [1.807, 2.05) is 84.0 Å². The molecule has 8 rings (SSSR count). The van der Waals surface area contributed by atoms with Gasteiger partial charge in [-0.1, -0.05) is 66.0 Å². The molecular formula is C44H50ClN6O4S2+. The SMILES string of the molecule is CC(C)(C)OC(=O)N1CCN(C2=Nc3ccccc3Sc3ccccc32)CC1.CC(C)(C)OC(=O)N1CCNCC1.ClC1=Nc2ccccc2SC2=C1C=[C+]C=C2. The van der Waals surface area contributed by atoms with Gasteiger partial charge in [-0.3, -0.25) is 0 Å². The molecule has 0 saturated carbocycles. The molecule has 3 aromatic carbocycles. The van der Waals surface area contributed by atoms with Crippen LogP contribution >= 0.6 is 35.1 Å². The number of ether oxygens (including phenoxy) is 2. The molecule has 2 amide bonds. The van der Waals surface area contributed by atoms with Gasteiger partial charge in [0.15, 0.2) is 5.17 Å². The van der Waals surface area contributed by atoms with Crippen molar-refractivity contribution in [3.8, 4) is 0 Å². The summed E-state index contributed by atoms with van der Waals surface area (Å²) in [6, 6.07) is 24.7. The molecule has 2 fully saturated rings. The van der Waals surface area contributed by atoms with Crippen LogP contribution in [0.3, 0.4) is 0 Å². The Morgan fingerprint density at radius 3 is 1.84 bits per heavy atom. The second-order valence-electron chi connectivity index (χ2n) is 15.6. The molecule has 0 atom stereocenters. The van der Waals surface area contributed by atoms with Crippen molar-refractivity contribution in [2.75, 3.05) is 52.4 Å². The van der Waals surface area contributed by atoms with Crippen LogP contribution < -0.4 is 5.32 Å². The number of fused-ring (bicyclic) bond motifs is 3. The topological polar surface area (TPSA) is 99.1 Å². The minimum absolute atomic E-state index is 0.200. The van der Waals surface area contributed by atoms with Crippen molar-refractivity contribution < 1.29 is 19.1 Å². The highest BCUT2D eigenvalue weighted by molar-refractivity contribution is 8.03.